The van der Waals surface area contributed by atoms with Crippen LogP contribution in [0.15, 0.2) is 42.5 Å². The maximum absolute atomic E-state index is 13.9. The quantitative estimate of drug-likeness (QED) is 0.353. The van der Waals surface area contributed by atoms with Crippen LogP contribution >= 0.6 is 23.2 Å². The van der Waals surface area contributed by atoms with E-state index in [4.69, 9.17) is 32.7 Å². The van der Waals surface area contributed by atoms with Gasteiger partial charge >= 0.3 is 5.97 Å². The summed E-state index contributed by atoms with van der Waals surface area (Å²) in [5.74, 6) is 0.870. The maximum atomic E-state index is 13.9. The number of likely N-dealkylation sites (tertiary alicyclic amines) is 1. The fourth-order valence-corrected chi connectivity index (χ4v) is 7.05. The van der Waals surface area contributed by atoms with Crippen molar-refractivity contribution < 1.29 is 19.1 Å². The summed E-state index contributed by atoms with van der Waals surface area (Å²) in [5, 5.41) is 0.924. The third-order valence-electron chi connectivity index (χ3n) is 8.41. The van der Waals surface area contributed by atoms with E-state index >= 15 is 0 Å². The van der Waals surface area contributed by atoms with Crippen molar-refractivity contribution >= 4 is 35.1 Å². The fraction of sp³-hybridized carbons (Fsp3) is 0.548. The van der Waals surface area contributed by atoms with Crippen LogP contribution < -0.4 is 4.74 Å². The molecule has 1 saturated heterocycles. The van der Waals surface area contributed by atoms with Crippen molar-refractivity contribution in [1.82, 2.24) is 9.80 Å². The zero-order valence-corrected chi connectivity index (χ0v) is 25.1. The molecule has 39 heavy (non-hydrogen) atoms. The topological polar surface area (TPSA) is 59.1 Å². The van der Waals surface area contributed by atoms with Gasteiger partial charge in [-0.2, -0.15) is 0 Å². The van der Waals surface area contributed by atoms with Crippen LogP contribution in [0.3, 0.4) is 0 Å². The number of piperidine rings is 1. The smallest absolute Gasteiger partial charge is 0.303 e. The molecule has 1 aliphatic heterocycles. The third-order valence-corrected chi connectivity index (χ3v) is 9.15. The van der Waals surface area contributed by atoms with Gasteiger partial charge in [0, 0.05) is 31.5 Å². The molecule has 0 aromatic heterocycles. The Kier molecular flexibility index (Phi) is 9.19. The molecule has 2 aromatic carbocycles. The highest BCUT2D eigenvalue weighted by Gasteiger charge is 2.61. The van der Waals surface area contributed by atoms with E-state index in [9.17, 15) is 9.59 Å². The molecule has 1 aliphatic carbocycles. The van der Waals surface area contributed by atoms with E-state index in [1.54, 1.807) is 19.2 Å². The molecular formula is C31H40Cl2N2O4. The SMILES string of the molecule is COc1cccc([C@@]23CCN(C)C[C@@]2(OC(C)=O)CC[C@@H](N(CC(C)C)C(=O)Cc2ccc(Cl)c(Cl)c2)C3)c1. The van der Waals surface area contributed by atoms with Crippen LogP contribution in [0.1, 0.15) is 57.6 Å². The minimum Gasteiger partial charge on any atom is -0.497 e. The van der Waals surface area contributed by atoms with Crippen LogP contribution in [0.2, 0.25) is 10.0 Å². The molecule has 0 unspecified atom stereocenters. The van der Waals surface area contributed by atoms with Gasteiger partial charge in [0.1, 0.15) is 11.4 Å². The Morgan fingerprint density at radius 1 is 1.13 bits per heavy atom. The molecule has 2 aromatic rings. The lowest BCUT2D eigenvalue weighted by Crippen LogP contribution is -2.68. The number of esters is 1. The van der Waals surface area contributed by atoms with E-state index in [1.165, 1.54) is 6.92 Å². The van der Waals surface area contributed by atoms with Gasteiger partial charge in [0.15, 0.2) is 0 Å². The average Bonchev–Trinajstić information content (AvgIpc) is 2.88. The van der Waals surface area contributed by atoms with E-state index in [0.29, 0.717) is 41.9 Å². The highest BCUT2D eigenvalue weighted by atomic mass is 35.5. The molecule has 2 aliphatic rings. The predicted molar refractivity (Wildman–Crippen MR) is 156 cm³/mol. The first-order valence-electron chi connectivity index (χ1n) is 13.7. The monoisotopic (exact) mass is 574 g/mol. The van der Waals surface area contributed by atoms with E-state index in [-0.39, 0.29) is 24.3 Å². The second-order valence-corrected chi connectivity index (χ2v) is 12.5. The summed E-state index contributed by atoms with van der Waals surface area (Å²) in [6, 6.07) is 13.5. The fourth-order valence-electron chi connectivity index (χ4n) is 6.73. The summed E-state index contributed by atoms with van der Waals surface area (Å²) in [7, 11) is 3.75. The number of benzene rings is 2. The van der Waals surface area contributed by atoms with Gasteiger partial charge in [0.05, 0.1) is 23.6 Å². The number of rotatable bonds is 8. The predicted octanol–water partition coefficient (Wildman–Crippen LogP) is 6.16. The highest BCUT2D eigenvalue weighted by Crippen LogP contribution is 2.54. The molecule has 0 N–H and O–H groups in total. The summed E-state index contributed by atoms with van der Waals surface area (Å²) in [5.41, 5.74) is 0.796. The van der Waals surface area contributed by atoms with E-state index in [1.807, 2.05) is 18.2 Å². The average molecular weight is 576 g/mol. The molecule has 8 heteroatoms. The molecular weight excluding hydrogens is 535 g/mol. The Morgan fingerprint density at radius 3 is 2.56 bits per heavy atom. The minimum absolute atomic E-state index is 0.000891. The maximum Gasteiger partial charge on any atom is 0.303 e. The van der Waals surface area contributed by atoms with Crippen molar-refractivity contribution in [2.45, 2.75) is 69.9 Å². The molecule has 6 nitrogen and oxygen atoms in total. The number of methoxy groups -OCH3 is 1. The summed E-state index contributed by atoms with van der Waals surface area (Å²) in [6.07, 6.45) is 3.21. The van der Waals surface area contributed by atoms with E-state index in [2.05, 4.69) is 42.8 Å². The number of ether oxygens (including phenoxy) is 2. The van der Waals surface area contributed by atoms with Gasteiger partial charge in [-0.3, -0.25) is 9.59 Å². The van der Waals surface area contributed by atoms with Crippen molar-refractivity contribution in [3.05, 3.63) is 63.6 Å². The van der Waals surface area contributed by atoms with E-state index in [0.717, 1.165) is 36.3 Å². The largest absolute Gasteiger partial charge is 0.497 e. The first kappa shape index (κ1) is 29.7. The molecule has 212 valence electrons. The molecule has 3 atom stereocenters. The van der Waals surface area contributed by atoms with E-state index < -0.39 is 11.0 Å². The number of likely N-dealkylation sites (N-methyl/N-ethyl adjacent to an activating group) is 1. The van der Waals surface area contributed by atoms with Gasteiger partial charge in [-0.15, -0.1) is 0 Å². The van der Waals surface area contributed by atoms with Crippen molar-refractivity contribution in [3.8, 4) is 5.75 Å². The van der Waals surface area contributed by atoms with Crippen LogP contribution in [-0.4, -0.2) is 67.1 Å². The standard InChI is InChI=1S/C31H40Cl2N2O4/c1-21(2)19-35(29(37)16-23-9-10-27(32)28(33)15-23)25-11-12-31(39-22(3)36)20-34(4)14-13-30(31,18-25)24-7-6-8-26(17-24)38-5/h6-10,15,17,21,25H,11-14,16,18-20H2,1-5H3/t25-,30+,31+/m1/s1. The Balaban J connectivity index is 1.74. The van der Waals surface area contributed by atoms with Crippen LogP contribution in [0.25, 0.3) is 0 Å². The number of amides is 1. The first-order chi connectivity index (χ1) is 18.5. The summed E-state index contributed by atoms with van der Waals surface area (Å²) in [6.45, 7) is 7.95. The number of halogens is 2. The Hall–Kier alpha value is -2.28. The van der Waals surface area contributed by atoms with Crippen LogP contribution in [0.5, 0.6) is 5.75 Å². The second-order valence-electron chi connectivity index (χ2n) is 11.7. The van der Waals surface area contributed by atoms with Crippen molar-refractivity contribution in [2.24, 2.45) is 5.92 Å². The number of fused-ring (bicyclic) bond motifs is 1. The second kappa shape index (κ2) is 12.1. The number of carbonyl (C=O) groups excluding carboxylic acids is 2. The van der Waals surface area contributed by atoms with Gasteiger partial charge in [-0.25, -0.2) is 0 Å². The lowest BCUT2D eigenvalue weighted by atomic mass is 9.55. The highest BCUT2D eigenvalue weighted by molar-refractivity contribution is 6.42. The molecule has 0 spiro atoms. The van der Waals surface area contributed by atoms with Crippen molar-refractivity contribution in [3.63, 3.8) is 0 Å². The van der Waals surface area contributed by atoms with Gasteiger partial charge in [-0.05, 0) is 80.6 Å². The summed E-state index contributed by atoms with van der Waals surface area (Å²) in [4.78, 5) is 30.7. The first-order valence-corrected chi connectivity index (χ1v) is 14.5. The molecule has 0 radical (unpaired) electrons. The lowest BCUT2D eigenvalue weighted by molar-refractivity contribution is -0.189. The lowest BCUT2D eigenvalue weighted by Gasteiger charge is -2.60. The number of carbonyl (C=O) groups is 2. The minimum atomic E-state index is -0.690. The summed E-state index contributed by atoms with van der Waals surface area (Å²) >= 11 is 12.4. The molecule has 1 saturated carbocycles. The number of nitrogens with zero attached hydrogens (tertiary/aromatic N) is 2. The van der Waals surface area contributed by atoms with Gasteiger partial charge < -0.3 is 19.3 Å². The van der Waals surface area contributed by atoms with Crippen LogP contribution in [0, 0.1) is 5.92 Å². The Morgan fingerprint density at radius 2 is 1.90 bits per heavy atom. The zero-order valence-electron chi connectivity index (χ0n) is 23.6. The molecule has 0 bridgehead atoms. The van der Waals surface area contributed by atoms with Gasteiger partial charge in [-0.1, -0.05) is 55.2 Å². The Bertz CT molecular complexity index is 1200. The van der Waals surface area contributed by atoms with Crippen molar-refractivity contribution in [2.75, 3.05) is 33.8 Å². The van der Waals surface area contributed by atoms with Crippen LogP contribution in [0.4, 0.5) is 0 Å². The van der Waals surface area contributed by atoms with Crippen molar-refractivity contribution in [1.29, 1.82) is 0 Å². The molecule has 4 rings (SSSR count). The summed E-state index contributed by atoms with van der Waals surface area (Å²) < 4.78 is 11.9. The van der Waals surface area contributed by atoms with Gasteiger partial charge in [0.25, 0.3) is 0 Å². The molecule has 1 heterocycles. The van der Waals surface area contributed by atoms with Gasteiger partial charge in [0.2, 0.25) is 5.91 Å². The molecule has 2 fully saturated rings. The number of hydrogen-bond donors (Lipinski definition) is 0. The van der Waals surface area contributed by atoms with Crippen LogP contribution in [-0.2, 0) is 26.2 Å². The molecule has 1 amide bonds. The zero-order chi connectivity index (χ0) is 28.4. The third kappa shape index (κ3) is 6.23. The number of hydrogen-bond acceptors (Lipinski definition) is 5. The normalized spacial score (nSPS) is 25.2. The Labute approximate surface area is 242 Å².